The first-order valence-corrected chi connectivity index (χ1v) is 8.90. The van der Waals surface area contributed by atoms with Crippen LogP contribution in [0.1, 0.15) is 30.0 Å². The Bertz CT molecular complexity index is 833. The fraction of sp³-hybridized carbons (Fsp3) is 0.250. The van der Waals surface area contributed by atoms with Crippen molar-refractivity contribution in [1.82, 2.24) is 9.59 Å². The average molecular weight is 398 g/mol. The van der Waals surface area contributed by atoms with Gasteiger partial charge >= 0.3 is 0 Å². The number of rotatable bonds is 5. The number of aliphatic hydroxyl groups is 1. The predicted octanol–water partition coefficient (Wildman–Crippen LogP) is 4.31. The number of ketones is 1. The minimum absolute atomic E-state index is 0.00286. The Morgan fingerprint density at radius 1 is 1.32 bits per heavy atom. The van der Waals surface area contributed by atoms with Crippen LogP contribution in [0.3, 0.4) is 0 Å². The maximum Gasteiger partial charge on any atom is 0.168 e. The number of carbonyl (C=O) groups excluding carboxylic acids is 1. The van der Waals surface area contributed by atoms with E-state index in [4.69, 9.17) is 28.0 Å². The molecule has 0 fully saturated rings. The number of aliphatic hydroxyl groups excluding tert-OH is 1. The fourth-order valence-electron chi connectivity index (χ4n) is 2.50. The average Bonchev–Trinajstić information content (AvgIpc) is 2.99. The maximum atomic E-state index is 12.3. The molecular weight excluding hydrogens is 385 g/mol. The number of Topliss-reactive ketones (excluding diaryl/α,β-unsaturated/α-hetero) is 1. The van der Waals surface area contributed by atoms with Gasteiger partial charge in [-0.15, -0.1) is 5.10 Å². The van der Waals surface area contributed by atoms with Crippen LogP contribution in [-0.2, 0) is 16.2 Å². The number of benzene rings is 1. The van der Waals surface area contributed by atoms with Gasteiger partial charge in [0.05, 0.1) is 11.8 Å². The van der Waals surface area contributed by atoms with Gasteiger partial charge in [0.1, 0.15) is 15.8 Å². The Labute approximate surface area is 157 Å². The zero-order chi connectivity index (χ0) is 17.8. The fourth-order valence-corrected chi connectivity index (χ4v) is 3.23. The van der Waals surface area contributed by atoms with Crippen LogP contribution in [0.2, 0.25) is 9.36 Å². The summed E-state index contributed by atoms with van der Waals surface area (Å²) in [4.78, 5) is 17.4. The van der Waals surface area contributed by atoms with Crippen molar-refractivity contribution in [3.8, 4) is 0 Å². The largest absolute Gasteiger partial charge is 0.511 e. The van der Waals surface area contributed by atoms with Gasteiger partial charge in [-0.1, -0.05) is 45.0 Å². The third-order valence-corrected chi connectivity index (χ3v) is 5.03. The second kappa shape index (κ2) is 7.95. The molecule has 25 heavy (non-hydrogen) atoms. The summed E-state index contributed by atoms with van der Waals surface area (Å²) >= 11 is 12.8. The predicted molar refractivity (Wildman–Crippen MR) is 96.3 cm³/mol. The summed E-state index contributed by atoms with van der Waals surface area (Å²) in [5, 5.41) is 18.3. The maximum absolute atomic E-state index is 12.3. The second-order valence-electron chi connectivity index (χ2n) is 5.44. The van der Waals surface area contributed by atoms with E-state index >= 15 is 0 Å². The summed E-state index contributed by atoms with van der Waals surface area (Å²) in [6.07, 6.45) is 1.87. The van der Waals surface area contributed by atoms with E-state index < -0.39 is 0 Å². The number of nitrogens with zero attached hydrogens (tertiary/aromatic N) is 3. The van der Waals surface area contributed by atoms with Crippen molar-refractivity contribution >= 4 is 46.7 Å². The summed E-state index contributed by atoms with van der Waals surface area (Å²) in [5.74, 6) is -0.274. The first-order valence-electron chi connectivity index (χ1n) is 7.37. The highest BCUT2D eigenvalue weighted by Gasteiger charge is 2.27. The molecular formula is C16H13Cl2N3O3S. The van der Waals surface area contributed by atoms with Crippen LogP contribution in [-0.4, -0.2) is 26.7 Å². The molecule has 1 aliphatic carbocycles. The third kappa shape index (κ3) is 4.36. The molecule has 1 heterocycles. The number of carbonyl (C=O) groups is 1. The zero-order valence-electron chi connectivity index (χ0n) is 12.9. The summed E-state index contributed by atoms with van der Waals surface area (Å²) in [7, 11) is 0. The summed E-state index contributed by atoms with van der Waals surface area (Å²) in [6.45, 7) is 0.0431. The van der Waals surface area contributed by atoms with Crippen molar-refractivity contribution in [2.75, 3.05) is 0 Å². The normalized spacial score (nSPS) is 18.2. The molecule has 1 aromatic carbocycles. The van der Waals surface area contributed by atoms with Gasteiger partial charge in [-0.2, -0.15) is 0 Å². The van der Waals surface area contributed by atoms with Crippen molar-refractivity contribution in [2.45, 2.75) is 25.4 Å². The van der Waals surface area contributed by atoms with E-state index in [0.29, 0.717) is 21.5 Å². The van der Waals surface area contributed by atoms with Gasteiger partial charge in [-0.05, 0) is 23.6 Å². The van der Waals surface area contributed by atoms with Gasteiger partial charge < -0.3 is 9.94 Å². The molecule has 9 heteroatoms. The molecule has 130 valence electrons. The first kappa shape index (κ1) is 17.8. The van der Waals surface area contributed by atoms with E-state index in [2.05, 4.69) is 14.7 Å². The third-order valence-electron chi connectivity index (χ3n) is 3.79. The molecule has 0 saturated carbocycles. The Hall–Kier alpha value is -1.96. The molecule has 0 radical (unpaired) electrons. The monoisotopic (exact) mass is 397 g/mol. The van der Waals surface area contributed by atoms with E-state index in [1.807, 2.05) is 12.1 Å². The molecule has 0 saturated heterocycles. The van der Waals surface area contributed by atoms with Crippen LogP contribution in [0.25, 0.3) is 0 Å². The minimum atomic E-state index is -0.190. The van der Waals surface area contributed by atoms with E-state index in [9.17, 15) is 9.90 Å². The standard InChI is InChI=1S/C16H13Cl2N3O3S/c17-11-3-1-9(2-4-11)10-5-14(22)12(15(23)6-10)7-19-24-8-13-16(18)25-21-20-13/h1-4,7,10,22H,5-6,8H2/b19-7-. The van der Waals surface area contributed by atoms with Crippen molar-refractivity contribution < 1.29 is 14.7 Å². The first-order chi connectivity index (χ1) is 12.0. The van der Waals surface area contributed by atoms with Gasteiger partial charge in [0.25, 0.3) is 0 Å². The van der Waals surface area contributed by atoms with Crippen LogP contribution in [0.15, 0.2) is 40.8 Å². The molecule has 0 bridgehead atoms. The van der Waals surface area contributed by atoms with E-state index in [0.717, 1.165) is 17.1 Å². The summed E-state index contributed by atoms with van der Waals surface area (Å²) < 4.78 is 4.10. The Morgan fingerprint density at radius 2 is 2.08 bits per heavy atom. The van der Waals surface area contributed by atoms with Crippen molar-refractivity contribution in [3.63, 3.8) is 0 Å². The van der Waals surface area contributed by atoms with Gasteiger partial charge in [-0.3, -0.25) is 4.79 Å². The van der Waals surface area contributed by atoms with Crippen LogP contribution >= 0.6 is 34.7 Å². The molecule has 6 nitrogen and oxygen atoms in total. The highest BCUT2D eigenvalue weighted by Crippen LogP contribution is 2.33. The molecule has 1 unspecified atom stereocenters. The molecule has 1 aromatic heterocycles. The van der Waals surface area contributed by atoms with Crippen molar-refractivity contribution in [2.24, 2.45) is 5.16 Å². The van der Waals surface area contributed by atoms with Crippen LogP contribution in [0.4, 0.5) is 0 Å². The number of halogens is 2. The quantitative estimate of drug-likeness (QED) is 0.600. The lowest BCUT2D eigenvalue weighted by Crippen LogP contribution is -2.19. The molecule has 3 rings (SSSR count). The molecule has 1 atom stereocenters. The minimum Gasteiger partial charge on any atom is -0.511 e. The Balaban J connectivity index is 1.64. The number of oxime groups is 1. The van der Waals surface area contributed by atoms with Crippen LogP contribution in [0.5, 0.6) is 0 Å². The van der Waals surface area contributed by atoms with Gasteiger partial charge in [0.15, 0.2) is 12.4 Å². The number of aromatic nitrogens is 2. The topological polar surface area (TPSA) is 84.7 Å². The summed E-state index contributed by atoms with van der Waals surface area (Å²) in [6, 6.07) is 7.26. The number of hydrogen-bond acceptors (Lipinski definition) is 7. The molecule has 0 spiro atoms. The van der Waals surface area contributed by atoms with Crippen LogP contribution < -0.4 is 0 Å². The smallest absolute Gasteiger partial charge is 0.168 e. The SMILES string of the molecule is O=C1CC(c2ccc(Cl)cc2)CC(O)=C1/C=N\OCc1nnsc1Cl. The summed E-state index contributed by atoms with van der Waals surface area (Å²) in [5.41, 5.74) is 1.59. The number of hydrogen-bond donors (Lipinski definition) is 1. The number of allylic oxidation sites excluding steroid dienone is 2. The van der Waals surface area contributed by atoms with Crippen molar-refractivity contribution in [1.29, 1.82) is 0 Å². The second-order valence-corrected chi connectivity index (χ2v) is 7.23. The van der Waals surface area contributed by atoms with Gasteiger partial charge in [0, 0.05) is 29.4 Å². The highest BCUT2D eigenvalue weighted by molar-refractivity contribution is 7.10. The molecule has 0 aliphatic heterocycles. The van der Waals surface area contributed by atoms with Crippen molar-refractivity contribution in [3.05, 3.63) is 56.2 Å². The van der Waals surface area contributed by atoms with Gasteiger partial charge in [0.2, 0.25) is 0 Å². The Morgan fingerprint density at radius 3 is 2.72 bits per heavy atom. The lowest BCUT2D eigenvalue weighted by atomic mass is 9.83. The Kier molecular flexibility index (Phi) is 5.67. The molecule has 2 aromatic rings. The molecule has 1 N–H and O–H groups in total. The van der Waals surface area contributed by atoms with E-state index in [1.54, 1.807) is 12.1 Å². The van der Waals surface area contributed by atoms with Crippen LogP contribution in [0, 0.1) is 0 Å². The molecule has 1 aliphatic rings. The highest BCUT2D eigenvalue weighted by atomic mass is 35.5. The lowest BCUT2D eigenvalue weighted by Gasteiger charge is -2.22. The van der Waals surface area contributed by atoms with Gasteiger partial charge in [-0.25, -0.2) is 0 Å². The molecule has 0 amide bonds. The lowest BCUT2D eigenvalue weighted by molar-refractivity contribution is -0.116. The van der Waals surface area contributed by atoms with E-state index in [-0.39, 0.29) is 36.1 Å². The van der Waals surface area contributed by atoms with E-state index in [1.165, 1.54) is 6.21 Å². The zero-order valence-corrected chi connectivity index (χ0v) is 15.2.